The Morgan fingerprint density at radius 2 is 1.00 bits per heavy atom. The average Bonchev–Trinajstić information content (AvgIpc) is 3.37. The molecule has 0 radical (unpaired) electrons. The monoisotopic (exact) mass is 558 g/mol. The van der Waals surface area contributed by atoms with Gasteiger partial charge < -0.3 is 0 Å². The predicted molar refractivity (Wildman–Crippen MR) is 141 cm³/mol. The summed E-state index contributed by atoms with van der Waals surface area (Å²) in [4.78, 5) is 2.62. The lowest BCUT2D eigenvalue weighted by Crippen LogP contribution is -2.15. The lowest BCUT2D eigenvalue weighted by atomic mass is 9.84. The molecule has 2 aromatic carbocycles. The van der Waals surface area contributed by atoms with Crippen molar-refractivity contribution in [2.24, 2.45) is 11.8 Å². The van der Waals surface area contributed by atoms with Crippen LogP contribution >= 0.6 is 54.5 Å². The predicted octanol–water partition coefficient (Wildman–Crippen LogP) is 9.73. The first-order valence-electron chi connectivity index (χ1n) is 10.2. The van der Waals surface area contributed by atoms with Gasteiger partial charge in [0.15, 0.2) is 0 Å². The van der Waals surface area contributed by atoms with Crippen LogP contribution in [-0.2, 0) is 12.8 Å². The van der Waals surface area contributed by atoms with Crippen molar-refractivity contribution in [1.82, 2.24) is 0 Å². The Kier molecular flexibility index (Phi) is 7.30. The minimum Gasteiger partial charge on any atom is -0.128 e. The number of thiophene rings is 2. The van der Waals surface area contributed by atoms with E-state index in [-0.39, 0.29) is 0 Å². The zero-order valence-electron chi connectivity index (χ0n) is 17.1. The highest BCUT2D eigenvalue weighted by Crippen LogP contribution is 2.33. The third-order valence-corrected chi connectivity index (χ3v) is 8.91. The summed E-state index contributed by atoms with van der Waals surface area (Å²) in [6.07, 6.45) is 2.23. The molecule has 2 aromatic heterocycles. The molecule has 2 heterocycles. The molecule has 0 nitrogen and oxygen atoms in total. The zero-order chi connectivity index (χ0) is 21.1. The Bertz CT molecular complexity index is 1000. The molecule has 0 fully saturated rings. The van der Waals surface area contributed by atoms with Crippen LogP contribution in [0.15, 0.2) is 80.4 Å². The molecule has 4 rings (SSSR count). The molecule has 0 N–H and O–H groups in total. The minimum atomic E-state index is 0.633. The zero-order valence-corrected chi connectivity index (χ0v) is 21.9. The van der Waals surface area contributed by atoms with Crippen molar-refractivity contribution in [1.29, 1.82) is 0 Å². The molecule has 0 amide bonds. The van der Waals surface area contributed by atoms with Gasteiger partial charge in [-0.15, -0.1) is 22.7 Å². The first-order chi connectivity index (χ1) is 14.5. The van der Waals surface area contributed by atoms with E-state index in [0.717, 1.165) is 12.8 Å². The summed E-state index contributed by atoms with van der Waals surface area (Å²) >= 11 is 10.7. The highest BCUT2D eigenvalue weighted by molar-refractivity contribution is 9.11. The molecule has 4 aromatic rings. The fourth-order valence-corrected chi connectivity index (χ4v) is 6.48. The Morgan fingerprint density at radius 3 is 1.30 bits per heavy atom. The van der Waals surface area contributed by atoms with E-state index in [4.69, 9.17) is 0 Å². The smallest absolute Gasteiger partial charge is 0.0705 e. The van der Waals surface area contributed by atoms with Crippen molar-refractivity contribution in [2.75, 3.05) is 0 Å². The molecular formula is C26H24Br2S2. The van der Waals surface area contributed by atoms with E-state index in [1.54, 1.807) is 22.7 Å². The first kappa shape index (κ1) is 22.0. The van der Waals surface area contributed by atoms with Crippen LogP contribution < -0.4 is 0 Å². The molecule has 0 saturated heterocycles. The molecule has 0 bridgehead atoms. The Hall–Kier alpha value is -1.20. The highest BCUT2D eigenvalue weighted by atomic mass is 79.9. The van der Waals surface area contributed by atoms with Crippen molar-refractivity contribution in [3.8, 4) is 20.9 Å². The second kappa shape index (κ2) is 9.95. The molecule has 0 saturated carbocycles. The maximum Gasteiger partial charge on any atom is 0.0705 e. The van der Waals surface area contributed by atoms with E-state index >= 15 is 0 Å². The Balaban J connectivity index is 1.44. The third-order valence-electron chi connectivity index (χ3n) is 5.56. The summed E-state index contributed by atoms with van der Waals surface area (Å²) in [5.41, 5.74) is 5.44. The number of benzene rings is 2. The quantitative estimate of drug-likeness (QED) is 0.211. The van der Waals surface area contributed by atoms with Gasteiger partial charge in [0.1, 0.15) is 0 Å². The SMILES string of the molecule is CC(C)C(Cc1ccc(-c2ccc(Br)s2)cc1)Cc1ccc(-c2ccc(Br)s2)cc1. The molecule has 0 atom stereocenters. The first-order valence-corrected chi connectivity index (χ1v) is 13.4. The van der Waals surface area contributed by atoms with Gasteiger partial charge in [-0.2, -0.15) is 0 Å². The molecule has 0 aliphatic carbocycles. The van der Waals surface area contributed by atoms with E-state index in [9.17, 15) is 0 Å². The topological polar surface area (TPSA) is 0 Å². The number of hydrogen-bond donors (Lipinski definition) is 0. The number of hydrogen-bond acceptors (Lipinski definition) is 2. The van der Waals surface area contributed by atoms with Crippen molar-refractivity contribution in [3.63, 3.8) is 0 Å². The van der Waals surface area contributed by atoms with Crippen LogP contribution in [0.4, 0.5) is 0 Å². The third kappa shape index (κ3) is 5.53. The summed E-state index contributed by atoms with van der Waals surface area (Å²) in [6, 6.07) is 26.9. The molecule has 0 spiro atoms. The second-order valence-electron chi connectivity index (χ2n) is 8.01. The van der Waals surface area contributed by atoms with Crippen molar-refractivity contribution in [3.05, 3.63) is 91.5 Å². The number of halogens is 2. The van der Waals surface area contributed by atoms with Crippen LogP contribution in [0.25, 0.3) is 20.9 Å². The van der Waals surface area contributed by atoms with Gasteiger partial charge in [0, 0.05) is 9.75 Å². The normalized spacial score (nSPS) is 11.5. The molecular weight excluding hydrogens is 536 g/mol. The van der Waals surface area contributed by atoms with Crippen LogP contribution in [0.2, 0.25) is 0 Å². The standard InChI is InChI=1S/C26H24Br2S2/c1-17(2)22(15-18-3-7-20(8-4-18)23-11-13-25(27)29-23)16-19-5-9-21(10-6-19)24-12-14-26(28)30-24/h3-14,17,22H,15-16H2,1-2H3. The van der Waals surface area contributed by atoms with Gasteiger partial charge in [-0.1, -0.05) is 62.4 Å². The van der Waals surface area contributed by atoms with E-state index in [2.05, 4.69) is 119 Å². The van der Waals surface area contributed by atoms with Gasteiger partial charge >= 0.3 is 0 Å². The summed E-state index contributed by atoms with van der Waals surface area (Å²) < 4.78 is 2.36. The molecule has 0 aliphatic rings. The van der Waals surface area contributed by atoms with E-state index < -0.39 is 0 Å². The maximum absolute atomic E-state index is 3.56. The Morgan fingerprint density at radius 1 is 0.600 bits per heavy atom. The fraction of sp³-hybridized carbons (Fsp3) is 0.231. The molecule has 4 heteroatoms. The summed E-state index contributed by atoms with van der Waals surface area (Å²) in [5, 5.41) is 0. The highest BCUT2D eigenvalue weighted by Gasteiger charge is 2.15. The fourth-order valence-electron chi connectivity index (χ4n) is 3.70. The van der Waals surface area contributed by atoms with Gasteiger partial charge in [-0.3, -0.25) is 0 Å². The van der Waals surface area contributed by atoms with E-state index in [0.29, 0.717) is 11.8 Å². The van der Waals surface area contributed by atoms with Gasteiger partial charge in [-0.05, 0) is 103 Å². The van der Waals surface area contributed by atoms with Crippen LogP contribution in [0, 0.1) is 11.8 Å². The van der Waals surface area contributed by atoms with E-state index in [1.807, 2.05) is 0 Å². The summed E-state index contributed by atoms with van der Waals surface area (Å²) in [5.74, 6) is 1.28. The summed E-state index contributed by atoms with van der Waals surface area (Å²) in [7, 11) is 0. The molecule has 0 unspecified atom stereocenters. The minimum absolute atomic E-state index is 0.633. The second-order valence-corrected chi connectivity index (χ2v) is 12.9. The van der Waals surface area contributed by atoms with Gasteiger partial charge in [0.2, 0.25) is 0 Å². The van der Waals surface area contributed by atoms with Crippen molar-refractivity contribution in [2.45, 2.75) is 26.7 Å². The Labute approximate surface area is 204 Å². The summed E-state index contributed by atoms with van der Waals surface area (Å²) in [6.45, 7) is 4.69. The number of rotatable bonds is 7. The largest absolute Gasteiger partial charge is 0.128 e. The average molecular weight is 560 g/mol. The van der Waals surface area contributed by atoms with Crippen LogP contribution in [0.5, 0.6) is 0 Å². The van der Waals surface area contributed by atoms with Crippen LogP contribution in [-0.4, -0.2) is 0 Å². The van der Waals surface area contributed by atoms with Crippen LogP contribution in [0.3, 0.4) is 0 Å². The van der Waals surface area contributed by atoms with E-state index in [1.165, 1.54) is 39.6 Å². The maximum atomic E-state index is 3.56. The van der Waals surface area contributed by atoms with Gasteiger partial charge in [0.05, 0.1) is 7.57 Å². The lowest BCUT2D eigenvalue weighted by molar-refractivity contribution is 0.380. The van der Waals surface area contributed by atoms with Gasteiger partial charge in [-0.25, -0.2) is 0 Å². The van der Waals surface area contributed by atoms with Crippen molar-refractivity contribution >= 4 is 54.5 Å². The molecule has 154 valence electrons. The van der Waals surface area contributed by atoms with Crippen molar-refractivity contribution < 1.29 is 0 Å². The molecule has 0 aliphatic heterocycles. The van der Waals surface area contributed by atoms with Crippen LogP contribution in [0.1, 0.15) is 25.0 Å². The lowest BCUT2D eigenvalue weighted by Gasteiger charge is -2.21. The van der Waals surface area contributed by atoms with Gasteiger partial charge in [0.25, 0.3) is 0 Å². The molecule has 30 heavy (non-hydrogen) atoms.